The lowest BCUT2D eigenvalue weighted by atomic mass is 10.2. The van der Waals surface area contributed by atoms with Gasteiger partial charge in [0.2, 0.25) is 0 Å². The van der Waals surface area contributed by atoms with E-state index in [1.807, 2.05) is 0 Å². The number of carboxylic acids is 1. The molecule has 0 atom stereocenters. The van der Waals surface area contributed by atoms with Crippen LogP contribution in [0.1, 0.15) is 37.8 Å². The van der Waals surface area contributed by atoms with Gasteiger partial charge in [-0.25, -0.2) is 4.79 Å². The highest BCUT2D eigenvalue weighted by Gasteiger charge is 2.32. The summed E-state index contributed by atoms with van der Waals surface area (Å²) in [5.74, 6) is -0.691. The summed E-state index contributed by atoms with van der Waals surface area (Å²) in [4.78, 5) is 24.0. The lowest BCUT2D eigenvalue weighted by Gasteiger charge is -2.24. The van der Waals surface area contributed by atoms with Gasteiger partial charge in [-0.1, -0.05) is 5.16 Å². The van der Waals surface area contributed by atoms with Crippen LogP contribution in [0.5, 0.6) is 0 Å². The topological polar surface area (TPSA) is 92.9 Å². The average molecular weight is 268 g/mol. The predicted octanol–water partition coefficient (Wildman–Crippen LogP) is 1.55. The van der Waals surface area contributed by atoms with Gasteiger partial charge in [0.15, 0.2) is 5.76 Å². The molecule has 0 aliphatic carbocycles. The smallest absolute Gasteiger partial charge is 0.410 e. The van der Waals surface area contributed by atoms with Crippen LogP contribution in [0.2, 0.25) is 0 Å². The first kappa shape index (κ1) is 13.4. The van der Waals surface area contributed by atoms with Gasteiger partial charge in [-0.3, -0.25) is 9.69 Å². The highest BCUT2D eigenvalue weighted by molar-refractivity contribution is 5.71. The molecule has 1 aliphatic heterocycles. The lowest BCUT2D eigenvalue weighted by molar-refractivity contribution is -0.136. The number of carbonyl (C=O) groups is 2. The maximum Gasteiger partial charge on any atom is 0.410 e. The molecule has 0 fully saturated rings. The molecule has 0 bridgehead atoms. The SMILES string of the molecule is CC(C)(C)OC(=O)N1Cc2noc(CC(=O)O)c2C1. The minimum Gasteiger partial charge on any atom is -0.481 e. The maximum absolute atomic E-state index is 11.9. The van der Waals surface area contributed by atoms with Gasteiger partial charge in [-0.15, -0.1) is 0 Å². The molecule has 1 amide bonds. The van der Waals surface area contributed by atoms with Crippen LogP contribution in [0.15, 0.2) is 4.52 Å². The van der Waals surface area contributed by atoms with E-state index in [9.17, 15) is 9.59 Å². The molecule has 1 aromatic rings. The first-order valence-electron chi connectivity index (χ1n) is 5.92. The summed E-state index contributed by atoms with van der Waals surface area (Å²) in [6.45, 7) is 5.93. The molecular weight excluding hydrogens is 252 g/mol. The van der Waals surface area contributed by atoms with Gasteiger partial charge < -0.3 is 14.4 Å². The summed E-state index contributed by atoms with van der Waals surface area (Å²) in [6, 6.07) is 0. The van der Waals surface area contributed by atoms with Crippen molar-refractivity contribution < 1.29 is 24.0 Å². The Bertz CT molecular complexity index is 515. The predicted molar refractivity (Wildman–Crippen MR) is 63.3 cm³/mol. The quantitative estimate of drug-likeness (QED) is 0.874. The van der Waals surface area contributed by atoms with E-state index in [0.717, 1.165) is 0 Å². The van der Waals surface area contributed by atoms with Crippen molar-refractivity contribution in [2.75, 3.05) is 0 Å². The second kappa shape index (κ2) is 4.56. The van der Waals surface area contributed by atoms with E-state index >= 15 is 0 Å². The van der Waals surface area contributed by atoms with Gasteiger partial charge in [0.1, 0.15) is 17.7 Å². The molecule has 1 aromatic heterocycles. The number of fused-ring (bicyclic) bond motifs is 1. The van der Waals surface area contributed by atoms with Crippen molar-refractivity contribution in [3.8, 4) is 0 Å². The molecule has 0 unspecified atom stereocenters. The molecule has 0 aromatic carbocycles. The Morgan fingerprint density at radius 2 is 2.11 bits per heavy atom. The molecule has 104 valence electrons. The third kappa shape index (κ3) is 3.04. The molecule has 7 nitrogen and oxygen atoms in total. The van der Waals surface area contributed by atoms with Gasteiger partial charge >= 0.3 is 12.1 Å². The van der Waals surface area contributed by atoms with Crippen LogP contribution in [0.3, 0.4) is 0 Å². The van der Waals surface area contributed by atoms with E-state index in [2.05, 4.69) is 5.16 Å². The van der Waals surface area contributed by atoms with E-state index in [4.69, 9.17) is 14.4 Å². The molecule has 1 aliphatic rings. The molecule has 2 heterocycles. The second-order valence-corrected chi connectivity index (χ2v) is 5.44. The van der Waals surface area contributed by atoms with Gasteiger partial charge in [0.05, 0.1) is 13.1 Å². The maximum atomic E-state index is 11.9. The third-order valence-electron chi connectivity index (χ3n) is 2.60. The van der Waals surface area contributed by atoms with Crippen molar-refractivity contribution in [3.63, 3.8) is 0 Å². The number of hydrogen-bond acceptors (Lipinski definition) is 5. The molecule has 0 saturated carbocycles. The fraction of sp³-hybridized carbons (Fsp3) is 0.583. The van der Waals surface area contributed by atoms with Crippen LogP contribution in [-0.2, 0) is 29.0 Å². The van der Waals surface area contributed by atoms with Gasteiger partial charge in [0.25, 0.3) is 0 Å². The van der Waals surface area contributed by atoms with E-state index in [1.165, 1.54) is 4.90 Å². The Morgan fingerprint density at radius 1 is 1.42 bits per heavy atom. The normalized spacial score (nSPS) is 14.4. The monoisotopic (exact) mass is 268 g/mol. The Labute approximate surface area is 110 Å². The largest absolute Gasteiger partial charge is 0.481 e. The molecular formula is C12H16N2O5. The number of ether oxygens (including phenoxy) is 1. The Balaban J connectivity index is 2.06. The highest BCUT2D eigenvalue weighted by atomic mass is 16.6. The van der Waals surface area contributed by atoms with Crippen molar-refractivity contribution in [2.24, 2.45) is 0 Å². The van der Waals surface area contributed by atoms with Crippen LogP contribution in [0.4, 0.5) is 4.79 Å². The summed E-state index contributed by atoms with van der Waals surface area (Å²) in [7, 11) is 0. The van der Waals surface area contributed by atoms with Crippen LogP contribution in [-0.4, -0.2) is 32.8 Å². The van der Waals surface area contributed by atoms with Crippen molar-refractivity contribution >= 4 is 12.1 Å². The molecule has 19 heavy (non-hydrogen) atoms. The van der Waals surface area contributed by atoms with E-state index in [1.54, 1.807) is 20.8 Å². The summed E-state index contributed by atoms with van der Waals surface area (Å²) in [5.41, 5.74) is 0.709. The lowest BCUT2D eigenvalue weighted by Crippen LogP contribution is -2.33. The summed E-state index contributed by atoms with van der Waals surface area (Å²) in [5, 5.41) is 12.5. The van der Waals surface area contributed by atoms with Crippen molar-refractivity contribution in [2.45, 2.75) is 45.9 Å². The minimum atomic E-state index is -0.991. The second-order valence-electron chi connectivity index (χ2n) is 5.44. The molecule has 0 saturated heterocycles. The molecule has 0 spiro atoms. The zero-order chi connectivity index (χ0) is 14.2. The fourth-order valence-corrected chi connectivity index (χ4v) is 1.84. The molecule has 0 radical (unpaired) electrons. The Hall–Kier alpha value is -2.05. The Kier molecular flexibility index (Phi) is 3.21. The number of carboxylic acid groups (broad SMARTS) is 1. The average Bonchev–Trinajstić information content (AvgIpc) is 2.77. The zero-order valence-corrected chi connectivity index (χ0v) is 11.1. The van der Waals surface area contributed by atoms with Gasteiger partial charge in [-0.05, 0) is 20.8 Å². The summed E-state index contributed by atoms with van der Waals surface area (Å²) < 4.78 is 10.2. The number of carbonyl (C=O) groups excluding carboxylic acids is 1. The molecule has 2 rings (SSSR count). The van der Waals surface area contributed by atoms with Crippen molar-refractivity contribution in [1.82, 2.24) is 10.1 Å². The third-order valence-corrected chi connectivity index (χ3v) is 2.60. The van der Waals surface area contributed by atoms with Crippen molar-refractivity contribution in [3.05, 3.63) is 17.0 Å². The summed E-state index contributed by atoms with van der Waals surface area (Å²) >= 11 is 0. The fourth-order valence-electron chi connectivity index (χ4n) is 1.84. The number of nitrogens with zero attached hydrogens (tertiary/aromatic N) is 2. The van der Waals surface area contributed by atoms with Crippen LogP contribution in [0, 0.1) is 0 Å². The standard InChI is InChI=1S/C12H16N2O5/c1-12(2,3)18-11(17)14-5-7-8(6-14)13-19-9(7)4-10(15)16/h4-6H2,1-3H3,(H,15,16). The number of hydrogen-bond donors (Lipinski definition) is 1. The number of aliphatic carboxylic acids is 1. The van der Waals surface area contributed by atoms with E-state index in [-0.39, 0.29) is 19.5 Å². The minimum absolute atomic E-state index is 0.232. The van der Waals surface area contributed by atoms with Crippen molar-refractivity contribution in [1.29, 1.82) is 0 Å². The number of rotatable bonds is 2. The summed E-state index contributed by atoms with van der Waals surface area (Å²) in [6.07, 6.45) is -0.670. The van der Waals surface area contributed by atoms with E-state index < -0.39 is 17.7 Å². The zero-order valence-electron chi connectivity index (χ0n) is 11.1. The molecule has 1 N–H and O–H groups in total. The number of aromatic nitrogens is 1. The molecule has 7 heteroatoms. The Morgan fingerprint density at radius 3 is 2.68 bits per heavy atom. The first-order chi connectivity index (χ1) is 8.76. The van der Waals surface area contributed by atoms with Crippen LogP contribution < -0.4 is 0 Å². The van der Waals surface area contributed by atoms with Gasteiger partial charge in [-0.2, -0.15) is 0 Å². The van der Waals surface area contributed by atoms with Gasteiger partial charge in [0, 0.05) is 5.56 Å². The van der Waals surface area contributed by atoms with E-state index in [0.29, 0.717) is 17.0 Å². The number of amides is 1. The first-order valence-corrected chi connectivity index (χ1v) is 5.92. The van der Waals surface area contributed by atoms with Crippen LogP contribution in [0.25, 0.3) is 0 Å². The van der Waals surface area contributed by atoms with Crippen LogP contribution >= 0.6 is 0 Å². The highest BCUT2D eigenvalue weighted by Crippen LogP contribution is 2.27.